The second-order valence-electron chi connectivity index (χ2n) is 5.58. The van der Waals surface area contributed by atoms with Crippen LogP contribution in [0.2, 0.25) is 0 Å². The van der Waals surface area contributed by atoms with Crippen LogP contribution in [0, 0.1) is 25.7 Å². The summed E-state index contributed by atoms with van der Waals surface area (Å²) in [5.74, 6) is -1.71. The molecule has 1 N–H and O–H groups in total. The van der Waals surface area contributed by atoms with Crippen LogP contribution in [0.25, 0.3) is 0 Å². The van der Waals surface area contributed by atoms with Crippen LogP contribution < -0.4 is 4.90 Å². The van der Waals surface area contributed by atoms with Crippen LogP contribution in [0.4, 0.5) is 5.69 Å². The van der Waals surface area contributed by atoms with Crippen molar-refractivity contribution in [1.29, 1.82) is 0 Å². The average Bonchev–Trinajstić information content (AvgIpc) is 2.35. The van der Waals surface area contributed by atoms with E-state index in [2.05, 4.69) is 0 Å². The lowest BCUT2D eigenvalue weighted by atomic mass is 10.0. The lowest BCUT2D eigenvalue weighted by molar-refractivity contribution is -0.140. The van der Waals surface area contributed by atoms with E-state index in [-0.39, 0.29) is 18.4 Å². The summed E-state index contributed by atoms with van der Waals surface area (Å²) in [6.07, 6.45) is 0. The van der Waals surface area contributed by atoms with Crippen LogP contribution in [-0.2, 0) is 9.59 Å². The molecule has 0 fully saturated rings. The number of benzene rings is 1. The monoisotopic (exact) mass is 277 g/mol. The van der Waals surface area contributed by atoms with Crippen molar-refractivity contribution in [2.24, 2.45) is 11.8 Å². The third kappa shape index (κ3) is 3.59. The summed E-state index contributed by atoms with van der Waals surface area (Å²) in [5.41, 5.74) is 2.80. The first kappa shape index (κ1) is 16.2. The molecule has 0 aliphatic rings. The van der Waals surface area contributed by atoms with Crippen molar-refractivity contribution >= 4 is 17.6 Å². The van der Waals surface area contributed by atoms with E-state index in [4.69, 9.17) is 5.11 Å². The van der Waals surface area contributed by atoms with E-state index in [1.807, 2.05) is 45.9 Å². The second-order valence-corrected chi connectivity index (χ2v) is 5.58. The van der Waals surface area contributed by atoms with Crippen LogP contribution in [0.5, 0.6) is 0 Å². The number of hydrogen-bond donors (Lipinski definition) is 1. The molecule has 0 aliphatic heterocycles. The zero-order valence-corrected chi connectivity index (χ0v) is 12.8. The van der Waals surface area contributed by atoms with Crippen molar-refractivity contribution in [1.82, 2.24) is 0 Å². The summed E-state index contributed by atoms with van der Waals surface area (Å²) in [6.45, 7) is 9.35. The molecule has 0 saturated carbocycles. The number of aliphatic carboxylic acids is 1. The first-order valence-electron chi connectivity index (χ1n) is 6.86. The largest absolute Gasteiger partial charge is 0.481 e. The predicted octanol–water partition coefficient (Wildman–Crippen LogP) is 3.01. The lowest BCUT2D eigenvalue weighted by Crippen LogP contribution is -2.40. The minimum Gasteiger partial charge on any atom is -0.481 e. The number of carbonyl (C=O) groups excluding carboxylic acids is 1. The Hall–Kier alpha value is -1.84. The molecule has 0 radical (unpaired) electrons. The topological polar surface area (TPSA) is 57.6 Å². The molecular formula is C16H23NO3. The Morgan fingerprint density at radius 3 is 2.05 bits per heavy atom. The Morgan fingerprint density at radius 1 is 1.15 bits per heavy atom. The van der Waals surface area contributed by atoms with Gasteiger partial charge in [-0.15, -0.1) is 0 Å². The van der Waals surface area contributed by atoms with Crippen molar-refractivity contribution in [3.05, 3.63) is 29.3 Å². The van der Waals surface area contributed by atoms with Gasteiger partial charge in [-0.2, -0.15) is 0 Å². The zero-order valence-electron chi connectivity index (χ0n) is 12.8. The highest BCUT2D eigenvalue weighted by molar-refractivity contribution is 5.96. The maximum absolute atomic E-state index is 12.4. The molecule has 1 unspecified atom stereocenters. The summed E-state index contributed by atoms with van der Waals surface area (Å²) < 4.78 is 0. The number of carboxylic acid groups (broad SMARTS) is 1. The van der Waals surface area contributed by atoms with Crippen molar-refractivity contribution in [3.63, 3.8) is 0 Å². The third-order valence-electron chi connectivity index (χ3n) is 3.35. The molecule has 1 atom stereocenters. The molecule has 0 aromatic heterocycles. The van der Waals surface area contributed by atoms with Gasteiger partial charge in [-0.05, 0) is 25.0 Å². The summed E-state index contributed by atoms with van der Waals surface area (Å²) >= 11 is 0. The molecule has 1 aromatic carbocycles. The summed E-state index contributed by atoms with van der Waals surface area (Å²) in [5, 5.41) is 9.10. The number of aryl methyl sites for hydroxylation is 2. The molecule has 20 heavy (non-hydrogen) atoms. The molecule has 110 valence electrons. The van der Waals surface area contributed by atoms with E-state index in [0.717, 1.165) is 16.8 Å². The molecular weight excluding hydrogens is 254 g/mol. The molecule has 1 rings (SSSR count). The highest BCUT2D eigenvalue weighted by Gasteiger charge is 2.25. The molecule has 0 saturated heterocycles. The van der Waals surface area contributed by atoms with Gasteiger partial charge in [-0.25, -0.2) is 0 Å². The Bertz CT molecular complexity index is 488. The van der Waals surface area contributed by atoms with Gasteiger partial charge < -0.3 is 10.0 Å². The third-order valence-corrected chi connectivity index (χ3v) is 3.35. The number of para-hydroxylation sites is 1. The number of hydrogen-bond acceptors (Lipinski definition) is 2. The maximum atomic E-state index is 12.4. The van der Waals surface area contributed by atoms with E-state index in [1.165, 1.54) is 0 Å². The Morgan fingerprint density at radius 2 is 1.65 bits per heavy atom. The minimum atomic E-state index is -0.891. The van der Waals surface area contributed by atoms with E-state index in [1.54, 1.807) is 11.8 Å². The van der Waals surface area contributed by atoms with Crippen LogP contribution >= 0.6 is 0 Å². The summed E-state index contributed by atoms with van der Waals surface area (Å²) in [7, 11) is 0. The SMILES string of the molecule is Cc1cccc(C)c1N(CC(C)C(=O)O)C(=O)C(C)C. The molecule has 0 spiro atoms. The van der Waals surface area contributed by atoms with Crippen molar-refractivity contribution in [2.75, 3.05) is 11.4 Å². The Labute approximate surface area is 120 Å². The lowest BCUT2D eigenvalue weighted by Gasteiger charge is -2.29. The van der Waals surface area contributed by atoms with Gasteiger partial charge in [0.25, 0.3) is 0 Å². The molecule has 1 aromatic rings. The number of rotatable bonds is 5. The normalized spacial score (nSPS) is 12.3. The Balaban J connectivity index is 3.23. The van der Waals surface area contributed by atoms with Crippen LogP contribution in [0.15, 0.2) is 18.2 Å². The van der Waals surface area contributed by atoms with Gasteiger partial charge in [0.05, 0.1) is 5.92 Å². The highest BCUT2D eigenvalue weighted by Crippen LogP contribution is 2.27. The van der Waals surface area contributed by atoms with Crippen molar-refractivity contribution in [3.8, 4) is 0 Å². The summed E-state index contributed by atoms with van der Waals surface area (Å²) in [6, 6.07) is 5.82. The summed E-state index contributed by atoms with van der Waals surface area (Å²) in [4.78, 5) is 25.1. The molecule has 0 aliphatic carbocycles. The molecule has 1 amide bonds. The van der Waals surface area contributed by atoms with Gasteiger partial charge in [0.2, 0.25) is 5.91 Å². The fourth-order valence-electron chi connectivity index (χ4n) is 2.19. The highest BCUT2D eigenvalue weighted by atomic mass is 16.4. The predicted molar refractivity (Wildman–Crippen MR) is 79.9 cm³/mol. The number of anilines is 1. The van der Waals surface area contributed by atoms with Crippen molar-refractivity contribution < 1.29 is 14.7 Å². The van der Waals surface area contributed by atoms with Gasteiger partial charge >= 0.3 is 5.97 Å². The quantitative estimate of drug-likeness (QED) is 0.900. The number of nitrogens with zero attached hydrogens (tertiary/aromatic N) is 1. The van der Waals surface area contributed by atoms with Gasteiger partial charge in [0, 0.05) is 18.2 Å². The van der Waals surface area contributed by atoms with Crippen LogP contribution in [-0.4, -0.2) is 23.5 Å². The van der Waals surface area contributed by atoms with Crippen molar-refractivity contribution in [2.45, 2.75) is 34.6 Å². The molecule has 0 bridgehead atoms. The first-order chi connectivity index (χ1) is 9.25. The Kier molecular flexibility index (Phi) is 5.31. The average molecular weight is 277 g/mol. The van der Waals surface area contributed by atoms with Gasteiger partial charge in [-0.3, -0.25) is 9.59 Å². The zero-order chi connectivity index (χ0) is 15.4. The van der Waals surface area contributed by atoms with E-state index < -0.39 is 11.9 Å². The number of carboxylic acids is 1. The molecule has 4 heteroatoms. The van der Waals surface area contributed by atoms with Crippen LogP contribution in [0.1, 0.15) is 31.9 Å². The van der Waals surface area contributed by atoms with E-state index >= 15 is 0 Å². The maximum Gasteiger partial charge on any atom is 0.308 e. The molecule has 0 heterocycles. The van der Waals surface area contributed by atoms with Gasteiger partial charge in [0.1, 0.15) is 0 Å². The first-order valence-corrected chi connectivity index (χ1v) is 6.86. The second kappa shape index (κ2) is 6.55. The van der Waals surface area contributed by atoms with E-state index in [0.29, 0.717) is 0 Å². The van der Waals surface area contributed by atoms with Crippen LogP contribution in [0.3, 0.4) is 0 Å². The number of carbonyl (C=O) groups is 2. The fraction of sp³-hybridized carbons (Fsp3) is 0.500. The minimum absolute atomic E-state index is 0.0458. The smallest absolute Gasteiger partial charge is 0.308 e. The standard InChI is InChI=1S/C16H23NO3/c1-10(2)15(18)17(9-13(5)16(19)20)14-11(3)7-6-8-12(14)4/h6-8,10,13H,9H2,1-5H3,(H,19,20). The van der Waals surface area contributed by atoms with Gasteiger partial charge in [-0.1, -0.05) is 39.0 Å². The number of amides is 1. The van der Waals surface area contributed by atoms with E-state index in [9.17, 15) is 9.59 Å². The molecule has 4 nitrogen and oxygen atoms in total. The van der Waals surface area contributed by atoms with Gasteiger partial charge in [0.15, 0.2) is 0 Å². The fourth-order valence-corrected chi connectivity index (χ4v) is 2.19.